The van der Waals surface area contributed by atoms with Crippen molar-refractivity contribution in [3.05, 3.63) is 0 Å². The molecule has 94 valence electrons. The summed E-state index contributed by atoms with van der Waals surface area (Å²) < 4.78 is 5.33. The molecule has 0 saturated carbocycles. The summed E-state index contributed by atoms with van der Waals surface area (Å²) in [6.07, 6.45) is 5.35. The molecule has 0 aromatic heterocycles. The number of hydrogen-bond acceptors (Lipinski definition) is 3. The molecule has 1 unspecified atom stereocenters. The van der Waals surface area contributed by atoms with Gasteiger partial charge in [0.05, 0.1) is 13.0 Å². The molecule has 0 spiro atoms. The second-order valence-corrected chi connectivity index (χ2v) is 4.83. The molecule has 1 aliphatic heterocycles. The van der Waals surface area contributed by atoms with Crippen LogP contribution < -0.4 is 5.32 Å². The van der Waals surface area contributed by atoms with Gasteiger partial charge in [0.15, 0.2) is 0 Å². The normalized spacial score (nSPS) is 17.9. The van der Waals surface area contributed by atoms with Crippen LogP contribution >= 0.6 is 0 Å². The van der Waals surface area contributed by atoms with Gasteiger partial charge >= 0.3 is 5.97 Å². The van der Waals surface area contributed by atoms with Crippen molar-refractivity contribution in [2.75, 3.05) is 19.7 Å². The monoisotopic (exact) mass is 227 g/mol. The van der Waals surface area contributed by atoms with Gasteiger partial charge < -0.3 is 10.1 Å². The molecule has 0 radical (unpaired) electrons. The second-order valence-electron chi connectivity index (χ2n) is 4.83. The van der Waals surface area contributed by atoms with E-state index in [9.17, 15) is 4.79 Å². The highest BCUT2D eigenvalue weighted by Crippen LogP contribution is 2.14. The van der Waals surface area contributed by atoms with E-state index in [2.05, 4.69) is 19.2 Å². The van der Waals surface area contributed by atoms with Crippen molar-refractivity contribution >= 4 is 5.97 Å². The fourth-order valence-electron chi connectivity index (χ4n) is 1.90. The number of rotatable bonds is 8. The highest BCUT2D eigenvalue weighted by atomic mass is 16.5. The standard InChI is InChI=1S/C13H25NO2/c1-3-5-6-11(4-2)10-16-13(15)7-12-8-14-9-12/h11-12,14H,3-10H2,1-2H3. The van der Waals surface area contributed by atoms with Gasteiger partial charge in [0.2, 0.25) is 0 Å². The van der Waals surface area contributed by atoms with E-state index in [1.54, 1.807) is 0 Å². The lowest BCUT2D eigenvalue weighted by Gasteiger charge is -2.26. The maximum atomic E-state index is 11.5. The molecule has 16 heavy (non-hydrogen) atoms. The van der Waals surface area contributed by atoms with E-state index in [0.29, 0.717) is 24.9 Å². The van der Waals surface area contributed by atoms with Crippen LogP contribution in [0.5, 0.6) is 0 Å². The molecule has 0 aromatic carbocycles. The van der Waals surface area contributed by atoms with Crippen LogP contribution in [0, 0.1) is 11.8 Å². The van der Waals surface area contributed by atoms with Crippen molar-refractivity contribution in [3.8, 4) is 0 Å². The molecule has 1 heterocycles. The Bertz CT molecular complexity index is 202. The summed E-state index contributed by atoms with van der Waals surface area (Å²) in [7, 11) is 0. The quantitative estimate of drug-likeness (QED) is 0.647. The minimum absolute atomic E-state index is 0.0125. The first kappa shape index (κ1) is 13.5. The average Bonchev–Trinajstić information content (AvgIpc) is 2.24. The van der Waals surface area contributed by atoms with Gasteiger partial charge in [-0.3, -0.25) is 4.79 Å². The third kappa shape index (κ3) is 4.97. The van der Waals surface area contributed by atoms with E-state index in [1.807, 2.05) is 0 Å². The smallest absolute Gasteiger partial charge is 0.306 e. The van der Waals surface area contributed by atoms with Crippen molar-refractivity contribution in [2.45, 2.75) is 46.0 Å². The summed E-state index contributed by atoms with van der Waals surface area (Å²) in [4.78, 5) is 11.5. The zero-order valence-corrected chi connectivity index (χ0v) is 10.6. The highest BCUT2D eigenvalue weighted by Gasteiger charge is 2.21. The number of esters is 1. The SMILES string of the molecule is CCCCC(CC)COC(=O)CC1CNC1. The molecule has 0 amide bonds. The van der Waals surface area contributed by atoms with Crippen LogP contribution in [-0.4, -0.2) is 25.7 Å². The lowest BCUT2D eigenvalue weighted by Crippen LogP contribution is -2.43. The maximum Gasteiger partial charge on any atom is 0.306 e. The van der Waals surface area contributed by atoms with E-state index < -0.39 is 0 Å². The third-order valence-electron chi connectivity index (χ3n) is 3.34. The zero-order chi connectivity index (χ0) is 11.8. The summed E-state index contributed by atoms with van der Waals surface area (Å²) in [5, 5.41) is 3.16. The molecule has 0 aromatic rings. The number of carbonyl (C=O) groups is 1. The minimum atomic E-state index is -0.0125. The van der Waals surface area contributed by atoms with Crippen LogP contribution in [0.1, 0.15) is 46.0 Å². The maximum absolute atomic E-state index is 11.5. The first-order valence-electron chi connectivity index (χ1n) is 6.62. The van der Waals surface area contributed by atoms with Crippen molar-refractivity contribution in [1.29, 1.82) is 0 Å². The van der Waals surface area contributed by atoms with Crippen LogP contribution in [-0.2, 0) is 9.53 Å². The van der Waals surface area contributed by atoms with Crippen LogP contribution in [0.3, 0.4) is 0 Å². The van der Waals surface area contributed by atoms with Gasteiger partial charge in [0.1, 0.15) is 0 Å². The van der Waals surface area contributed by atoms with Gasteiger partial charge in [-0.2, -0.15) is 0 Å². The van der Waals surface area contributed by atoms with Gasteiger partial charge in [-0.05, 0) is 31.3 Å². The molecule has 0 bridgehead atoms. The van der Waals surface area contributed by atoms with Gasteiger partial charge in [0, 0.05) is 0 Å². The molecule has 1 atom stereocenters. The zero-order valence-electron chi connectivity index (χ0n) is 10.6. The summed E-state index contributed by atoms with van der Waals surface area (Å²) in [5.74, 6) is 1.06. The van der Waals surface area contributed by atoms with E-state index in [0.717, 1.165) is 19.5 Å². The van der Waals surface area contributed by atoms with E-state index in [4.69, 9.17) is 4.74 Å². The molecule has 1 N–H and O–H groups in total. The molecule has 3 heteroatoms. The molecule has 1 fully saturated rings. The van der Waals surface area contributed by atoms with Gasteiger partial charge in [-0.25, -0.2) is 0 Å². The average molecular weight is 227 g/mol. The summed E-state index contributed by atoms with van der Waals surface area (Å²) in [6, 6.07) is 0. The molecule has 1 rings (SSSR count). The second kappa shape index (κ2) is 7.66. The van der Waals surface area contributed by atoms with Crippen LogP contribution in [0.2, 0.25) is 0 Å². The van der Waals surface area contributed by atoms with Crippen LogP contribution in [0.4, 0.5) is 0 Å². The Morgan fingerprint density at radius 1 is 1.44 bits per heavy atom. The Morgan fingerprint density at radius 3 is 2.69 bits per heavy atom. The van der Waals surface area contributed by atoms with E-state index >= 15 is 0 Å². The topological polar surface area (TPSA) is 38.3 Å². The lowest BCUT2D eigenvalue weighted by atomic mass is 9.99. The Balaban J connectivity index is 2.07. The molecule has 1 aliphatic rings. The first-order chi connectivity index (χ1) is 7.76. The Kier molecular flexibility index (Phi) is 6.46. The summed E-state index contributed by atoms with van der Waals surface area (Å²) in [5.41, 5.74) is 0. The third-order valence-corrected chi connectivity index (χ3v) is 3.34. The Morgan fingerprint density at radius 2 is 2.19 bits per heavy atom. The molecule has 3 nitrogen and oxygen atoms in total. The predicted molar refractivity (Wildman–Crippen MR) is 65.2 cm³/mol. The molecular formula is C13H25NO2. The first-order valence-corrected chi connectivity index (χ1v) is 6.62. The molecular weight excluding hydrogens is 202 g/mol. The number of unbranched alkanes of at least 4 members (excludes halogenated alkanes) is 1. The number of carbonyl (C=O) groups excluding carboxylic acids is 1. The van der Waals surface area contributed by atoms with Gasteiger partial charge in [-0.1, -0.05) is 33.1 Å². The fourth-order valence-corrected chi connectivity index (χ4v) is 1.90. The minimum Gasteiger partial charge on any atom is -0.465 e. The lowest BCUT2D eigenvalue weighted by molar-refractivity contribution is -0.146. The highest BCUT2D eigenvalue weighted by molar-refractivity contribution is 5.69. The van der Waals surface area contributed by atoms with Crippen LogP contribution in [0.25, 0.3) is 0 Å². The fraction of sp³-hybridized carbons (Fsp3) is 0.923. The van der Waals surface area contributed by atoms with Crippen molar-refractivity contribution in [2.24, 2.45) is 11.8 Å². The number of ether oxygens (including phenoxy) is 1. The van der Waals surface area contributed by atoms with Crippen molar-refractivity contribution in [3.63, 3.8) is 0 Å². The van der Waals surface area contributed by atoms with Crippen molar-refractivity contribution < 1.29 is 9.53 Å². The van der Waals surface area contributed by atoms with Gasteiger partial charge in [0.25, 0.3) is 0 Å². The Hall–Kier alpha value is -0.570. The molecule has 1 saturated heterocycles. The largest absolute Gasteiger partial charge is 0.465 e. The number of hydrogen-bond donors (Lipinski definition) is 1. The van der Waals surface area contributed by atoms with Gasteiger partial charge in [-0.15, -0.1) is 0 Å². The molecule has 0 aliphatic carbocycles. The summed E-state index contributed by atoms with van der Waals surface area (Å²) in [6.45, 7) is 6.94. The van der Waals surface area contributed by atoms with E-state index in [-0.39, 0.29) is 5.97 Å². The van der Waals surface area contributed by atoms with E-state index in [1.165, 1.54) is 19.3 Å². The number of nitrogens with one attached hydrogen (secondary N) is 1. The van der Waals surface area contributed by atoms with Crippen molar-refractivity contribution in [1.82, 2.24) is 5.32 Å². The summed E-state index contributed by atoms with van der Waals surface area (Å²) >= 11 is 0. The Labute approximate surface area is 98.9 Å². The van der Waals surface area contributed by atoms with Crippen LogP contribution in [0.15, 0.2) is 0 Å². The predicted octanol–water partition coefficient (Wildman–Crippen LogP) is 2.36.